The molecule has 0 aromatic rings. The average Bonchev–Trinajstić information content (AvgIpc) is 3.49. The maximum atomic E-state index is 12.7. The third kappa shape index (κ3) is 8.43. The normalized spacial score (nSPS) is 21.9. The van der Waals surface area contributed by atoms with Gasteiger partial charge in [0.1, 0.15) is 0 Å². The summed E-state index contributed by atoms with van der Waals surface area (Å²) in [4.78, 5) is 29.7. The standard InChI is InChI=1S/C19H36N4O5S2/c1-19(2,3)30-12-16(25)15(24)11-29-8-4-6-21-13-22(7-5-20)18(27)23(17(21)26)9-14-10-28-14/h14-16,24-25H,4-13,20H2,1-3H3. The smallest absolute Gasteiger partial charge is 0.329 e. The molecular weight excluding hydrogens is 428 g/mol. The number of nitrogens with two attached hydrogens (primary N) is 1. The number of ether oxygens (including phenoxy) is 1. The highest BCUT2D eigenvalue weighted by Gasteiger charge is 2.40. The van der Waals surface area contributed by atoms with Crippen LogP contribution in [-0.2, 0) is 4.74 Å². The topological polar surface area (TPSA) is 123 Å². The van der Waals surface area contributed by atoms with Gasteiger partial charge in [-0.3, -0.25) is 0 Å². The number of aliphatic hydroxyl groups excluding tert-OH is 2. The van der Waals surface area contributed by atoms with E-state index in [9.17, 15) is 19.8 Å². The molecule has 11 heteroatoms. The minimum atomic E-state index is -0.770. The van der Waals surface area contributed by atoms with Crippen molar-refractivity contribution in [3.05, 3.63) is 0 Å². The van der Waals surface area contributed by atoms with Crippen molar-refractivity contribution in [2.75, 3.05) is 56.7 Å². The molecular formula is C19H36N4O5S2. The number of imide groups is 1. The van der Waals surface area contributed by atoms with Crippen LogP contribution >= 0.6 is 23.5 Å². The number of epoxide rings is 1. The average molecular weight is 465 g/mol. The van der Waals surface area contributed by atoms with Crippen LogP contribution in [0.15, 0.2) is 0 Å². The van der Waals surface area contributed by atoms with Crippen molar-refractivity contribution in [3.8, 4) is 0 Å². The molecule has 9 nitrogen and oxygen atoms in total. The lowest BCUT2D eigenvalue weighted by Crippen LogP contribution is -2.62. The van der Waals surface area contributed by atoms with Gasteiger partial charge in [0.15, 0.2) is 0 Å². The summed E-state index contributed by atoms with van der Waals surface area (Å²) in [5.74, 6) is 1.69. The number of carbonyl (C=O) groups excluding carboxylic acids is 2. The predicted molar refractivity (Wildman–Crippen MR) is 121 cm³/mol. The first kappa shape index (κ1) is 25.5. The molecule has 0 aliphatic carbocycles. The Hall–Kier alpha value is -0.720. The van der Waals surface area contributed by atoms with Crippen LogP contribution in [0.3, 0.4) is 0 Å². The van der Waals surface area contributed by atoms with Gasteiger partial charge in [0, 0.05) is 35.9 Å². The number of rotatable bonds is 13. The summed E-state index contributed by atoms with van der Waals surface area (Å²) < 4.78 is 5.22. The van der Waals surface area contributed by atoms with Crippen LogP contribution in [0.5, 0.6) is 0 Å². The number of thioether (sulfide) groups is 2. The van der Waals surface area contributed by atoms with Crippen LogP contribution in [0.25, 0.3) is 0 Å². The van der Waals surface area contributed by atoms with Crippen LogP contribution in [0.2, 0.25) is 0 Å². The molecule has 4 amide bonds. The van der Waals surface area contributed by atoms with Gasteiger partial charge in [-0.1, -0.05) is 20.8 Å². The van der Waals surface area contributed by atoms with Gasteiger partial charge in [0.25, 0.3) is 0 Å². The summed E-state index contributed by atoms with van der Waals surface area (Å²) in [6, 6.07) is -0.597. The molecule has 0 aromatic carbocycles. The second-order valence-corrected chi connectivity index (χ2v) is 11.6. The first-order valence-corrected chi connectivity index (χ1v) is 12.5. The van der Waals surface area contributed by atoms with E-state index in [0.717, 1.165) is 12.2 Å². The molecule has 2 rings (SSSR count). The van der Waals surface area contributed by atoms with Crippen molar-refractivity contribution >= 4 is 35.6 Å². The molecule has 0 saturated carbocycles. The quantitative estimate of drug-likeness (QED) is 0.271. The number of hydrogen-bond donors (Lipinski definition) is 3. The molecule has 3 atom stereocenters. The zero-order chi connectivity index (χ0) is 22.3. The van der Waals surface area contributed by atoms with Crippen LogP contribution in [0, 0.1) is 0 Å². The lowest BCUT2D eigenvalue weighted by molar-refractivity contribution is 0.0498. The predicted octanol–water partition coefficient (Wildman–Crippen LogP) is 0.838. The van der Waals surface area contributed by atoms with Gasteiger partial charge < -0.3 is 30.5 Å². The molecule has 0 spiro atoms. The summed E-state index contributed by atoms with van der Waals surface area (Å²) in [6.45, 7) is 8.58. The molecule has 2 fully saturated rings. The largest absolute Gasteiger partial charge is 0.390 e. The number of carbonyl (C=O) groups is 2. The first-order chi connectivity index (χ1) is 14.1. The van der Waals surface area contributed by atoms with E-state index in [1.54, 1.807) is 33.3 Å². The zero-order valence-corrected chi connectivity index (χ0v) is 19.8. The highest BCUT2D eigenvalue weighted by molar-refractivity contribution is 8.00. The number of amides is 4. The number of urea groups is 2. The lowest BCUT2D eigenvalue weighted by Gasteiger charge is -2.40. The molecule has 2 aliphatic heterocycles. The van der Waals surface area contributed by atoms with Gasteiger partial charge in [-0.15, -0.1) is 0 Å². The van der Waals surface area contributed by atoms with Crippen molar-refractivity contribution in [2.24, 2.45) is 5.73 Å². The summed E-state index contributed by atoms with van der Waals surface area (Å²) >= 11 is 3.18. The van der Waals surface area contributed by atoms with Crippen LogP contribution in [0.4, 0.5) is 9.59 Å². The highest BCUT2D eigenvalue weighted by atomic mass is 32.2. The molecule has 0 radical (unpaired) electrons. The fraction of sp³-hybridized carbons (Fsp3) is 0.895. The van der Waals surface area contributed by atoms with Gasteiger partial charge in [-0.05, 0) is 12.2 Å². The van der Waals surface area contributed by atoms with Crippen molar-refractivity contribution in [1.82, 2.24) is 14.7 Å². The van der Waals surface area contributed by atoms with E-state index in [4.69, 9.17) is 10.5 Å². The van der Waals surface area contributed by atoms with Crippen molar-refractivity contribution in [1.29, 1.82) is 0 Å². The first-order valence-electron chi connectivity index (χ1n) is 10.4. The Morgan fingerprint density at radius 2 is 1.73 bits per heavy atom. The molecule has 3 unspecified atom stereocenters. The Kier molecular flexibility index (Phi) is 10.0. The van der Waals surface area contributed by atoms with E-state index in [2.05, 4.69) is 20.8 Å². The van der Waals surface area contributed by atoms with Gasteiger partial charge >= 0.3 is 12.1 Å². The van der Waals surface area contributed by atoms with E-state index in [1.807, 2.05) is 0 Å². The fourth-order valence-corrected chi connectivity index (χ4v) is 4.75. The van der Waals surface area contributed by atoms with E-state index in [1.165, 1.54) is 4.90 Å². The SMILES string of the molecule is CC(C)(C)SCC(O)C(O)CSCCCN1CN(CCN)C(=O)N(CC2CO2)C1=O. The van der Waals surface area contributed by atoms with Gasteiger partial charge in [-0.25, -0.2) is 14.5 Å². The Morgan fingerprint density at radius 1 is 1.13 bits per heavy atom. The Morgan fingerprint density at radius 3 is 2.30 bits per heavy atom. The minimum absolute atomic E-state index is 0.0491. The van der Waals surface area contributed by atoms with Gasteiger partial charge in [0.05, 0.1) is 38.1 Å². The van der Waals surface area contributed by atoms with E-state index >= 15 is 0 Å². The van der Waals surface area contributed by atoms with E-state index < -0.39 is 12.2 Å². The molecule has 4 N–H and O–H groups in total. The molecule has 30 heavy (non-hydrogen) atoms. The minimum Gasteiger partial charge on any atom is -0.390 e. The highest BCUT2D eigenvalue weighted by Crippen LogP contribution is 2.25. The van der Waals surface area contributed by atoms with E-state index in [0.29, 0.717) is 37.7 Å². The van der Waals surface area contributed by atoms with E-state index in [-0.39, 0.29) is 36.1 Å². The van der Waals surface area contributed by atoms with Crippen molar-refractivity contribution in [3.63, 3.8) is 0 Å². The maximum Gasteiger partial charge on any atom is 0.329 e. The Labute approximate surface area is 187 Å². The summed E-state index contributed by atoms with van der Waals surface area (Å²) in [6.07, 6.45) is -0.848. The third-order valence-corrected chi connectivity index (χ3v) is 7.20. The van der Waals surface area contributed by atoms with Crippen LogP contribution < -0.4 is 5.73 Å². The number of nitrogens with zero attached hydrogens (tertiary/aromatic N) is 3. The fourth-order valence-electron chi connectivity index (χ4n) is 2.89. The monoisotopic (exact) mass is 464 g/mol. The Bertz CT molecular complexity index is 574. The zero-order valence-electron chi connectivity index (χ0n) is 18.2. The second-order valence-electron chi connectivity index (χ2n) is 8.57. The lowest BCUT2D eigenvalue weighted by atomic mass is 10.2. The Balaban J connectivity index is 1.72. The van der Waals surface area contributed by atoms with Crippen molar-refractivity contribution in [2.45, 2.75) is 50.3 Å². The molecule has 0 bridgehead atoms. The number of aliphatic hydroxyl groups is 2. The molecule has 2 saturated heterocycles. The van der Waals surface area contributed by atoms with Crippen molar-refractivity contribution < 1.29 is 24.5 Å². The molecule has 2 aliphatic rings. The van der Waals surface area contributed by atoms with Crippen LogP contribution in [-0.4, -0.2) is 117 Å². The second kappa shape index (κ2) is 11.8. The molecule has 174 valence electrons. The van der Waals surface area contributed by atoms with Gasteiger partial charge in [-0.2, -0.15) is 23.5 Å². The third-order valence-electron chi connectivity index (χ3n) is 4.67. The molecule has 2 heterocycles. The van der Waals surface area contributed by atoms with Crippen LogP contribution in [0.1, 0.15) is 27.2 Å². The maximum absolute atomic E-state index is 12.7. The summed E-state index contributed by atoms with van der Waals surface area (Å²) in [5, 5.41) is 20.2. The van der Waals surface area contributed by atoms with Gasteiger partial charge in [0.2, 0.25) is 0 Å². The summed E-state index contributed by atoms with van der Waals surface area (Å²) in [7, 11) is 0. The number of hydrogen-bond acceptors (Lipinski definition) is 8. The molecule has 0 aromatic heterocycles. The summed E-state index contributed by atoms with van der Waals surface area (Å²) in [5.41, 5.74) is 5.61.